The smallest absolute Gasteiger partial charge is 0.354 e. The Morgan fingerprint density at radius 1 is 1.62 bits per heavy atom. The first-order chi connectivity index (χ1) is 10.0. The molecule has 1 aromatic rings. The number of hydrogen-bond acceptors (Lipinski definition) is 6. The number of rotatable bonds is 5. The lowest BCUT2D eigenvalue weighted by molar-refractivity contribution is -0.384. The van der Waals surface area contributed by atoms with E-state index in [9.17, 15) is 14.9 Å². The molecule has 1 aliphatic rings. The van der Waals surface area contributed by atoms with Gasteiger partial charge in [0.25, 0.3) is 0 Å². The zero-order valence-corrected chi connectivity index (χ0v) is 11.8. The first kappa shape index (κ1) is 15.2. The van der Waals surface area contributed by atoms with Gasteiger partial charge in [0.2, 0.25) is 5.82 Å². The van der Waals surface area contributed by atoms with Gasteiger partial charge in [0.05, 0.1) is 4.92 Å². The Bertz CT molecular complexity index is 549. The molecule has 0 radical (unpaired) electrons. The number of aromatic carboxylic acids is 1. The van der Waals surface area contributed by atoms with Crippen LogP contribution in [-0.4, -0.2) is 51.6 Å². The average Bonchev–Trinajstić information content (AvgIpc) is 2.47. The first-order valence-corrected chi connectivity index (χ1v) is 6.89. The van der Waals surface area contributed by atoms with Crippen LogP contribution >= 0.6 is 0 Å². The minimum atomic E-state index is -1.20. The largest absolute Gasteiger partial charge is 0.477 e. The van der Waals surface area contributed by atoms with Crippen molar-refractivity contribution in [3.8, 4) is 0 Å². The monoisotopic (exact) mass is 294 g/mol. The van der Waals surface area contributed by atoms with E-state index in [0.717, 1.165) is 38.5 Å². The quantitative estimate of drug-likeness (QED) is 0.627. The van der Waals surface area contributed by atoms with Gasteiger partial charge in [-0.15, -0.1) is 0 Å². The Morgan fingerprint density at radius 2 is 2.38 bits per heavy atom. The van der Waals surface area contributed by atoms with E-state index in [4.69, 9.17) is 5.11 Å². The molecule has 0 aliphatic carbocycles. The number of carboxylic acids is 1. The summed E-state index contributed by atoms with van der Waals surface area (Å²) in [5, 5.41) is 23.0. The van der Waals surface area contributed by atoms with Crippen LogP contribution in [-0.2, 0) is 0 Å². The van der Waals surface area contributed by atoms with E-state index in [-0.39, 0.29) is 23.2 Å². The van der Waals surface area contributed by atoms with Crippen molar-refractivity contribution in [1.82, 2.24) is 9.88 Å². The molecule has 0 saturated carbocycles. The van der Waals surface area contributed by atoms with Crippen molar-refractivity contribution in [3.63, 3.8) is 0 Å². The summed E-state index contributed by atoms with van der Waals surface area (Å²) in [5.41, 5.74) is -0.403. The van der Waals surface area contributed by atoms with Gasteiger partial charge in [0.1, 0.15) is 0 Å². The number of nitrogens with zero attached hydrogens (tertiary/aromatic N) is 3. The van der Waals surface area contributed by atoms with E-state index in [2.05, 4.69) is 22.1 Å². The molecule has 0 aromatic carbocycles. The van der Waals surface area contributed by atoms with Crippen molar-refractivity contribution in [2.45, 2.75) is 25.8 Å². The second kappa shape index (κ2) is 6.49. The number of carboxylic acid groups (broad SMARTS) is 1. The van der Waals surface area contributed by atoms with Crippen LogP contribution < -0.4 is 5.32 Å². The molecule has 1 aliphatic heterocycles. The zero-order valence-electron chi connectivity index (χ0n) is 11.8. The van der Waals surface area contributed by atoms with Crippen LogP contribution in [0.15, 0.2) is 12.1 Å². The lowest BCUT2D eigenvalue weighted by Crippen LogP contribution is -2.42. The molecule has 1 fully saturated rings. The van der Waals surface area contributed by atoms with Crippen LogP contribution in [0.1, 0.15) is 30.3 Å². The molecular weight excluding hydrogens is 276 g/mol. The van der Waals surface area contributed by atoms with E-state index in [1.807, 2.05) is 0 Å². The van der Waals surface area contributed by atoms with Gasteiger partial charge in [-0.25, -0.2) is 9.78 Å². The minimum Gasteiger partial charge on any atom is -0.477 e. The number of carbonyl (C=O) groups is 1. The van der Waals surface area contributed by atoms with Crippen LogP contribution in [0.2, 0.25) is 0 Å². The number of likely N-dealkylation sites (N-methyl/N-ethyl adjacent to an activating group) is 1. The van der Waals surface area contributed by atoms with Crippen LogP contribution in [0.3, 0.4) is 0 Å². The molecule has 1 unspecified atom stereocenters. The van der Waals surface area contributed by atoms with Crippen molar-refractivity contribution in [1.29, 1.82) is 0 Å². The third-order valence-electron chi connectivity index (χ3n) is 3.58. The van der Waals surface area contributed by atoms with E-state index >= 15 is 0 Å². The van der Waals surface area contributed by atoms with Crippen LogP contribution in [0, 0.1) is 10.1 Å². The number of nitrogens with one attached hydrogen (secondary N) is 1. The molecule has 2 heterocycles. The molecule has 8 nitrogen and oxygen atoms in total. The topological polar surface area (TPSA) is 109 Å². The van der Waals surface area contributed by atoms with Crippen molar-refractivity contribution in [3.05, 3.63) is 27.9 Å². The van der Waals surface area contributed by atoms with Gasteiger partial charge < -0.3 is 15.3 Å². The summed E-state index contributed by atoms with van der Waals surface area (Å²) < 4.78 is 0. The third kappa shape index (κ3) is 3.66. The Morgan fingerprint density at radius 3 is 3.00 bits per heavy atom. The van der Waals surface area contributed by atoms with E-state index in [1.54, 1.807) is 0 Å². The molecule has 114 valence electrons. The fourth-order valence-corrected chi connectivity index (χ4v) is 2.48. The number of likely N-dealkylation sites (tertiary alicyclic amines) is 1. The average molecular weight is 294 g/mol. The van der Waals surface area contributed by atoms with Gasteiger partial charge in [-0.2, -0.15) is 0 Å². The maximum atomic E-state index is 11.0. The van der Waals surface area contributed by atoms with Crippen molar-refractivity contribution >= 4 is 17.5 Å². The molecule has 8 heteroatoms. The maximum absolute atomic E-state index is 11.0. The van der Waals surface area contributed by atoms with Gasteiger partial charge in [0, 0.05) is 18.7 Å². The summed E-state index contributed by atoms with van der Waals surface area (Å²) in [5.74, 6) is -1.17. The predicted octanol–water partition coefficient (Wildman–Crippen LogP) is 1.58. The van der Waals surface area contributed by atoms with Gasteiger partial charge in [-0.1, -0.05) is 6.92 Å². The van der Waals surface area contributed by atoms with E-state index in [1.165, 1.54) is 6.07 Å². The number of pyridine rings is 1. The molecule has 21 heavy (non-hydrogen) atoms. The summed E-state index contributed by atoms with van der Waals surface area (Å²) >= 11 is 0. The minimum absolute atomic E-state index is 0.0304. The Labute approximate surface area is 121 Å². The fourth-order valence-electron chi connectivity index (χ4n) is 2.48. The highest BCUT2D eigenvalue weighted by Crippen LogP contribution is 2.24. The number of anilines is 1. The van der Waals surface area contributed by atoms with E-state index in [0.29, 0.717) is 0 Å². The van der Waals surface area contributed by atoms with Crippen molar-refractivity contribution < 1.29 is 14.8 Å². The number of aromatic nitrogens is 1. The molecule has 2 rings (SSSR count). The van der Waals surface area contributed by atoms with Gasteiger partial charge >= 0.3 is 11.7 Å². The second-order valence-corrected chi connectivity index (χ2v) is 5.00. The normalized spacial score (nSPS) is 19.2. The Hall–Kier alpha value is -2.22. The van der Waals surface area contributed by atoms with Crippen LogP contribution in [0.4, 0.5) is 11.5 Å². The van der Waals surface area contributed by atoms with Crippen molar-refractivity contribution in [2.75, 3.05) is 25.0 Å². The number of hydrogen-bond donors (Lipinski definition) is 2. The molecule has 2 N–H and O–H groups in total. The SMILES string of the molecule is CCN1CCCC(Nc2nc(C(=O)O)ccc2[N+](=O)[O-])C1. The zero-order chi connectivity index (χ0) is 15.4. The molecule has 0 bridgehead atoms. The van der Waals surface area contributed by atoms with Crippen molar-refractivity contribution in [2.24, 2.45) is 0 Å². The van der Waals surface area contributed by atoms with Gasteiger partial charge in [-0.3, -0.25) is 10.1 Å². The predicted molar refractivity (Wildman–Crippen MR) is 76.6 cm³/mol. The molecule has 1 saturated heterocycles. The lowest BCUT2D eigenvalue weighted by atomic mass is 10.1. The van der Waals surface area contributed by atoms with Crippen LogP contribution in [0.25, 0.3) is 0 Å². The molecular formula is C13H18N4O4. The second-order valence-electron chi connectivity index (χ2n) is 5.00. The van der Waals surface area contributed by atoms with E-state index < -0.39 is 10.9 Å². The Kier molecular flexibility index (Phi) is 4.69. The Balaban J connectivity index is 2.22. The molecule has 1 aromatic heterocycles. The lowest BCUT2D eigenvalue weighted by Gasteiger charge is -2.32. The highest BCUT2D eigenvalue weighted by molar-refractivity contribution is 5.86. The van der Waals surface area contributed by atoms with Gasteiger partial charge in [-0.05, 0) is 32.0 Å². The summed E-state index contributed by atoms with van der Waals surface area (Å²) in [7, 11) is 0. The summed E-state index contributed by atoms with van der Waals surface area (Å²) in [6.45, 7) is 4.77. The highest BCUT2D eigenvalue weighted by atomic mass is 16.6. The maximum Gasteiger partial charge on any atom is 0.354 e. The molecule has 0 spiro atoms. The first-order valence-electron chi connectivity index (χ1n) is 6.89. The fraction of sp³-hybridized carbons (Fsp3) is 0.538. The summed E-state index contributed by atoms with van der Waals surface area (Å²) in [4.78, 5) is 27.5. The number of nitro groups is 1. The summed E-state index contributed by atoms with van der Waals surface area (Å²) in [6, 6.07) is 2.36. The molecule has 1 atom stereocenters. The molecule has 0 amide bonds. The third-order valence-corrected chi connectivity index (χ3v) is 3.58. The standard InChI is InChI=1S/C13H18N4O4/c1-2-16-7-3-4-9(8-16)14-12-11(17(20)21)6-5-10(15-12)13(18)19/h5-6,9H,2-4,7-8H2,1H3,(H,14,15)(H,18,19). The highest BCUT2D eigenvalue weighted by Gasteiger charge is 2.24. The van der Waals surface area contributed by atoms with Crippen LogP contribution in [0.5, 0.6) is 0 Å². The van der Waals surface area contributed by atoms with Gasteiger partial charge in [0.15, 0.2) is 5.69 Å². The number of piperidine rings is 1. The summed E-state index contributed by atoms with van der Waals surface area (Å²) in [6.07, 6.45) is 1.88.